The zero-order valence-corrected chi connectivity index (χ0v) is 7.40. The maximum Gasteiger partial charge on any atom is 0.0611 e. The zero-order valence-electron chi connectivity index (χ0n) is 6.58. The van der Waals surface area contributed by atoms with Gasteiger partial charge in [-0.25, -0.2) is 0 Å². The summed E-state index contributed by atoms with van der Waals surface area (Å²) in [5, 5.41) is 12.9. The minimum Gasteiger partial charge on any atom is -0.394 e. The Morgan fingerprint density at radius 2 is 2.45 bits per heavy atom. The summed E-state index contributed by atoms with van der Waals surface area (Å²) >= 11 is 1.65. The van der Waals surface area contributed by atoms with Gasteiger partial charge in [0.15, 0.2) is 0 Å². The normalized spacial score (nSPS) is 16.3. The second-order valence-electron chi connectivity index (χ2n) is 3.12. The summed E-state index contributed by atoms with van der Waals surface area (Å²) in [6, 6.07) is 2.03. The number of hydrogen-bond acceptors (Lipinski definition) is 3. The van der Waals surface area contributed by atoms with Crippen molar-refractivity contribution in [3.63, 3.8) is 0 Å². The molecule has 0 aliphatic rings. The van der Waals surface area contributed by atoms with Crippen molar-refractivity contribution in [2.75, 3.05) is 6.61 Å². The average molecular weight is 171 g/mol. The summed E-state index contributed by atoms with van der Waals surface area (Å²) in [4.78, 5) is 0. The molecular formula is C8H13NOS. The van der Waals surface area contributed by atoms with Crippen molar-refractivity contribution in [1.82, 2.24) is 0 Å². The maximum absolute atomic E-state index is 8.87. The fraction of sp³-hybridized carbons (Fsp3) is 0.500. The molecule has 1 heterocycles. The van der Waals surface area contributed by atoms with E-state index in [0.717, 1.165) is 6.42 Å². The molecule has 0 spiro atoms. The van der Waals surface area contributed by atoms with Gasteiger partial charge in [0.05, 0.1) is 6.61 Å². The van der Waals surface area contributed by atoms with Crippen LogP contribution in [0.5, 0.6) is 0 Å². The molecule has 1 unspecified atom stereocenters. The summed E-state index contributed by atoms with van der Waals surface area (Å²) in [7, 11) is 0. The highest BCUT2D eigenvalue weighted by atomic mass is 32.1. The fourth-order valence-electron chi connectivity index (χ4n) is 0.915. The molecule has 0 fully saturated rings. The molecule has 0 radical (unpaired) electrons. The van der Waals surface area contributed by atoms with E-state index in [0.29, 0.717) is 0 Å². The van der Waals surface area contributed by atoms with Gasteiger partial charge in [-0.1, -0.05) is 0 Å². The highest BCUT2D eigenvalue weighted by molar-refractivity contribution is 7.07. The number of aliphatic hydroxyl groups is 1. The monoisotopic (exact) mass is 171 g/mol. The summed E-state index contributed by atoms with van der Waals surface area (Å²) in [6.45, 7) is 1.88. The van der Waals surface area contributed by atoms with E-state index >= 15 is 0 Å². The van der Waals surface area contributed by atoms with Gasteiger partial charge in [0.2, 0.25) is 0 Å². The standard InChI is InChI=1S/C8H13NOS/c1-8(9,6-10)4-7-2-3-11-5-7/h2-3,5,10H,4,6,9H2,1H3. The first kappa shape index (κ1) is 8.71. The van der Waals surface area contributed by atoms with Gasteiger partial charge in [-0.05, 0) is 35.7 Å². The van der Waals surface area contributed by atoms with Gasteiger partial charge in [0.1, 0.15) is 0 Å². The molecule has 0 amide bonds. The molecule has 3 heteroatoms. The number of aliphatic hydroxyl groups excluding tert-OH is 1. The molecule has 0 aromatic carbocycles. The van der Waals surface area contributed by atoms with Crippen molar-refractivity contribution in [3.05, 3.63) is 22.4 Å². The SMILES string of the molecule is CC(N)(CO)Cc1ccsc1. The van der Waals surface area contributed by atoms with Crippen molar-refractivity contribution in [2.24, 2.45) is 5.73 Å². The number of thiophene rings is 1. The van der Waals surface area contributed by atoms with Crippen LogP contribution in [0.4, 0.5) is 0 Å². The zero-order chi connectivity index (χ0) is 8.32. The molecule has 3 N–H and O–H groups in total. The molecule has 62 valence electrons. The predicted molar refractivity (Wildman–Crippen MR) is 47.7 cm³/mol. The molecule has 11 heavy (non-hydrogen) atoms. The van der Waals surface area contributed by atoms with Gasteiger partial charge < -0.3 is 10.8 Å². The maximum atomic E-state index is 8.87. The molecule has 2 nitrogen and oxygen atoms in total. The first-order valence-corrected chi connectivity index (χ1v) is 4.49. The van der Waals surface area contributed by atoms with Gasteiger partial charge >= 0.3 is 0 Å². The molecule has 1 aromatic heterocycles. The lowest BCUT2D eigenvalue weighted by Crippen LogP contribution is -2.42. The van der Waals surface area contributed by atoms with E-state index in [1.807, 2.05) is 18.4 Å². The highest BCUT2D eigenvalue weighted by Crippen LogP contribution is 2.12. The van der Waals surface area contributed by atoms with Crippen molar-refractivity contribution < 1.29 is 5.11 Å². The van der Waals surface area contributed by atoms with Crippen LogP contribution in [-0.2, 0) is 6.42 Å². The lowest BCUT2D eigenvalue weighted by Gasteiger charge is -2.20. The van der Waals surface area contributed by atoms with E-state index in [1.165, 1.54) is 5.56 Å². The third kappa shape index (κ3) is 2.61. The third-order valence-electron chi connectivity index (χ3n) is 1.55. The minimum atomic E-state index is -0.471. The van der Waals surface area contributed by atoms with Gasteiger partial charge in [0.25, 0.3) is 0 Å². The van der Waals surface area contributed by atoms with Crippen LogP contribution >= 0.6 is 11.3 Å². The number of nitrogens with two attached hydrogens (primary N) is 1. The second kappa shape index (κ2) is 3.34. The van der Waals surface area contributed by atoms with E-state index in [1.54, 1.807) is 11.3 Å². The molecule has 0 saturated carbocycles. The highest BCUT2D eigenvalue weighted by Gasteiger charge is 2.17. The lowest BCUT2D eigenvalue weighted by molar-refractivity contribution is 0.208. The second-order valence-corrected chi connectivity index (χ2v) is 3.90. The van der Waals surface area contributed by atoms with Gasteiger partial charge in [-0.3, -0.25) is 0 Å². The van der Waals surface area contributed by atoms with Gasteiger partial charge in [-0.2, -0.15) is 11.3 Å². The van der Waals surface area contributed by atoms with Crippen molar-refractivity contribution in [1.29, 1.82) is 0 Å². The predicted octanol–water partition coefficient (Wildman–Crippen LogP) is 1.00. The first-order valence-electron chi connectivity index (χ1n) is 3.55. The Hall–Kier alpha value is -0.380. The van der Waals surface area contributed by atoms with Crippen LogP contribution < -0.4 is 5.73 Å². The smallest absolute Gasteiger partial charge is 0.0611 e. The van der Waals surface area contributed by atoms with Gasteiger partial charge in [-0.15, -0.1) is 0 Å². The number of rotatable bonds is 3. The quantitative estimate of drug-likeness (QED) is 0.712. The van der Waals surface area contributed by atoms with Crippen LogP contribution in [0.2, 0.25) is 0 Å². The Morgan fingerprint density at radius 1 is 1.73 bits per heavy atom. The van der Waals surface area contributed by atoms with E-state index in [2.05, 4.69) is 5.38 Å². The Kier molecular flexibility index (Phi) is 2.65. The Labute approximate surface area is 70.7 Å². The van der Waals surface area contributed by atoms with Crippen LogP contribution in [0.1, 0.15) is 12.5 Å². The largest absolute Gasteiger partial charge is 0.394 e. The van der Waals surface area contributed by atoms with Crippen LogP contribution in [0.3, 0.4) is 0 Å². The van der Waals surface area contributed by atoms with Crippen LogP contribution in [0.15, 0.2) is 16.8 Å². The molecular weight excluding hydrogens is 158 g/mol. The van der Waals surface area contributed by atoms with Crippen molar-refractivity contribution in [3.8, 4) is 0 Å². The molecule has 0 saturated heterocycles. The Morgan fingerprint density at radius 3 is 2.91 bits per heavy atom. The average Bonchev–Trinajstić information content (AvgIpc) is 2.39. The summed E-state index contributed by atoms with van der Waals surface area (Å²) in [5.74, 6) is 0. The molecule has 0 bridgehead atoms. The topological polar surface area (TPSA) is 46.2 Å². The molecule has 1 aromatic rings. The summed E-state index contributed by atoms with van der Waals surface area (Å²) in [6.07, 6.45) is 0.743. The Bertz CT molecular complexity index is 206. The first-order chi connectivity index (χ1) is 5.14. The van der Waals surface area contributed by atoms with E-state index in [4.69, 9.17) is 10.8 Å². The van der Waals surface area contributed by atoms with E-state index in [9.17, 15) is 0 Å². The lowest BCUT2D eigenvalue weighted by atomic mass is 9.97. The molecule has 1 rings (SSSR count). The Balaban J connectivity index is 2.56. The van der Waals surface area contributed by atoms with Crippen molar-refractivity contribution >= 4 is 11.3 Å². The fourth-order valence-corrected chi connectivity index (χ4v) is 1.58. The summed E-state index contributed by atoms with van der Waals surface area (Å²) in [5.41, 5.74) is 6.49. The van der Waals surface area contributed by atoms with Crippen LogP contribution in [0, 0.1) is 0 Å². The minimum absolute atomic E-state index is 0.0306. The van der Waals surface area contributed by atoms with Crippen molar-refractivity contribution in [2.45, 2.75) is 18.9 Å². The summed E-state index contributed by atoms with van der Waals surface area (Å²) < 4.78 is 0. The van der Waals surface area contributed by atoms with E-state index in [-0.39, 0.29) is 6.61 Å². The molecule has 1 atom stereocenters. The van der Waals surface area contributed by atoms with Gasteiger partial charge in [0, 0.05) is 5.54 Å². The molecule has 0 aliphatic heterocycles. The third-order valence-corrected chi connectivity index (χ3v) is 2.28. The van der Waals surface area contributed by atoms with E-state index < -0.39 is 5.54 Å². The van der Waals surface area contributed by atoms with Crippen LogP contribution in [-0.4, -0.2) is 17.3 Å². The number of hydrogen-bond donors (Lipinski definition) is 2. The molecule has 0 aliphatic carbocycles. The van der Waals surface area contributed by atoms with Crippen LogP contribution in [0.25, 0.3) is 0 Å².